The standard InChI is InChI=1S/C41H69NO4/c1-28(2)29-19-24-41(36(46)42-27-15-13-11-9-8-10-12-14-16-34(44)45)26-25-39(6)30(35(29)41)17-18-32-38(5)22-21-33(43)37(3,4)31(38)20-23-40(32,39)7/h29-33,35,43H,1,8-27H2,2-7H3,(H,42,46)(H,44,45)/t29?,30-,31+,32?,33?,35-,38+,39-,40-,41+/m1/s1. The number of hydrogen-bond donors (Lipinski definition) is 3. The van der Waals surface area contributed by atoms with Gasteiger partial charge in [-0.3, -0.25) is 9.59 Å². The van der Waals surface area contributed by atoms with Crippen molar-refractivity contribution in [2.24, 2.45) is 56.7 Å². The van der Waals surface area contributed by atoms with Gasteiger partial charge in [-0.1, -0.05) is 85.3 Å². The third-order valence-electron chi connectivity index (χ3n) is 16.1. The van der Waals surface area contributed by atoms with Gasteiger partial charge in [-0.2, -0.15) is 0 Å². The predicted molar refractivity (Wildman–Crippen MR) is 187 cm³/mol. The molecule has 0 saturated heterocycles. The number of allylic oxidation sites excluding steroid dienone is 1. The lowest BCUT2D eigenvalue weighted by Gasteiger charge is -2.72. The molecule has 1 amide bonds. The molecule has 5 fully saturated rings. The summed E-state index contributed by atoms with van der Waals surface area (Å²) in [5.41, 5.74) is 1.79. The fraction of sp³-hybridized carbons (Fsp3) is 0.902. The Morgan fingerprint density at radius 3 is 2.04 bits per heavy atom. The number of unbranched alkanes of at least 4 members (excludes halogenated alkanes) is 7. The zero-order chi connectivity index (χ0) is 33.5. The van der Waals surface area contributed by atoms with Crippen molar-refractivity contribution in [3.05, 3.63) is 12.2 Å². The van der Waals surface area contributed by atoms with Crippen molar-refractivity contribution >= 4 is 11.9 Å². The first-order valence-electron chi connectivity index (χ1n) is 19.5. The molecule has 0 spiro atoms. The molecule has 3 unspecified atom stereocenters. The number of carboxylic acids is 1. The van der Waals surface area contributed by atoms with Crippen molar-refractivity contribution in [3.63, 3.8) is 0 Å². The predicted octanol–water partition coefficient (Wildman–Crippen LogP) is 9.72. The van der Waals surface area contributed by atoms with Crippen molar-refractivity contribution in [2.45, 2.75) is 170 Å². The maximum Gasteiger partial charge on any atom is 0.303 e. The van der Waals surface area contributed by atoms with E-state index in [-0.39, 0.29) is 33.2 Å². The lowest BCUT2D eigenvalue weighted by Crippen LogP contribution is -2.67. The van der Waals surface area contributed by atoms with E-state index in [1.54, 1.807) is 0 Å². The van der Waals surface area contributed by atoms with Gasteiger partial charge < -0.3 is 15.5 Å². The molecule has 0 aromatic carbocycles. The molecule has 5 heteroatoms. The summed E-state index contributed by atoms with van der Waals surface area (Å²) in [5.74, 6) is 2.32. The van der Waals surface area contributed by atoms with Crippen molar-refractivity contribution < 1.29 is 19.8 Å². The number of amides is 1. The summed E-state index contributed by atoms with van der Waals surface area (Å²) >= 11 is 0. The lowest BCUT2D eigenvalue weighted by molar-refractivity contribution is -0.246. The molecular weight excluding hydrogens is 570 g/mol. The molecular formula is C41H69NO4. The zero-order valence-electron chi connectivity index (χ0n) is 30.5. The van der Waals surface area contributed by atoms with Crippen LogP contribution in [-0.4, -0.2) is 34.7 Å². The summed E-state index contributed by atoms with van der Waals surface area (Å²) in [4.78, 5) is 25.0. The van der Waals surface area contributed by atoms with Crippen molar-refractivity contribution in [1.82, 2.24) is 5.32 Å². The highest BCUT2D eigenvalue weighted by molar-refractivity contribution is 5.83. The highest BCUT2D eigenvalue weighted by Crippen LogP contribution is 2.77. The monoisotopic (exact) mass is 640 g/mol. The molecule has 10 atom stereocenters. The molecule has 46 heavy (non-hydrogen) atoms. The zero-order valence-corrected chi connectivity index (χ0v) is 30.5. The van der Waals surface area contributed by atoms with E-state index in [4.69, 9.17) is 5.11 Å². The highest BCUT2D eigenvalue weighted by Gasteiger charge is 2.71. The van der Waals surface area contributed by atoms with Gasteiger partial charge in [0.1, 0.15) is 0 Å². The van der Waals surface area contributed by atoms with Crippen molar-refractivity contribution in [3.8, 4) is 0 Å². The average molecular weight is 640 g/mol. The number of aliphatic hydroxyl groups excluding tert-OH is 1. The summed E-state index contributed by atoms with van der Waals surface area (Å²) in [6.45, 7) is 20.1. The second-order valence-corrected chi connectivity index (χ2v) is 18.4. The first kappa shape index (κ1) is 35.9. The fourth-order valence-electron chi connectivity index (χ4n) is 13.4. The van der Waals surface area contributed by atoms with Crippen LogP contribution in [0.2, 0.25) is 0 Å². The van der Waals surface area contributed by atoms with Crippen LogP contribution in [0, 0.1) is 56.7 Å². The number of carbonyl (C=O) groups is 2. The van der Waals surface area contributed by atoms with Crippen LogP contribution in [-0.2, 0) is 9.59 Å². The van der Waals surface area contributed by atoms with Crippen LogP contribution in [0.5, 0.6) is 0 Å². The SMILES string of the molecule is C=C(C)C1CC[C@]2(C(=O)NCCCCCCCCCCC(=O)O)CC[C@]3(C)[C@H](CCC4[C@@]5(C)CCC(O)C(C)(C)[C@@H]5CC[C@]43C)[C@@H]12. The van der Waals surface area contributed by atoms with Gasteiger partial charge in [-0.15, -0.1) is 0 Å². The largest absolute Gasteiger partial charge is 0.481 e. The fourth-order valence-corrected chi connectivity index (χ4v) is 13.4. The van der Waals surface area contributed by atoms with Gasteiger partial charge in [-0.05, 0) is 135 Å². The molecule has 0 aromatic rings. The molecule has 5 saturated carbocycles. The smallest absolute Gasteiger partial charge is 0.303 e. The number of aliphatic hydroxyl groups is 1. The second-order valence-electron chi connectivity index (χ2n) is 18.4. The van der Waals surface area contributed by atoms with E-state index in [9.17, 15) is 14.7 Å². The summed E-state index contributed by atoms with van der Waals surface area (Å²) in [5, 5.41) is 23.3. The number of hydrogen-bond acceptors (Lipinski definition) is 3. The highest BCUT2D eigenvalue weighted by atomic mass is 16.4. The van der Waals surface area contributed by atoms with E-state index < -0.39 is 5.97 Å². The Bertz CT molecular complexity index is 1130. The summed E-state index contributed by atoms with van der Waals surface area (Å²) in [6.07, 6.45) is 20.2. The third kappa shape index (κ3) is 5.93. The first-order valence-corrected chi connectivity index (χ1v) is 19.5. The topological polar surface area (TPSA) is 86.6 Å². The summed E-state index contributed by atoms with van der Waals surface area (Å²) < 4.78 is 0. The van der Waals surface area contributed by atoms with Crippen LogP contribution < -0.4 is 5.32 Å². The first-order chi connectivity index (χ1) is 21.6. The van der Waals surface area contributed by atoms with E-state index in [0.717, 1.165) is 77.2 Å². The molecule has 0 radical (unpaired) electrons. The van der Waals surface area contributed by atoms with E-state index in [2.05, 4.69) is 53.4 Å². The van der Waals surface area contributed by atoms with Crippen LogP contribution >= 0.6 is 0 Å². The maximum absolute atomic E-state index is 14.3. The van der Waals surface area contributed by atoms with E-state index in [1.807, 2.05) is 0 Å². The average Bonchev–Trinajstić information content (AvgIpc) is 3.39. The number of aliphatic carboxylic acids is 1. The lowest BCUT2D eigenvalue weighted by atomic mass is 9.32. The molecule has 0 aromatic heterocycles. The number of rotatable bonds is 13. The van der Waals surface area contributed by atoms with Crippen molar-refractivity contribution in [1.29, 1.82) is 0 Å². The van der Waals surface area contributed by atoms with Gasteiger partial charge in [0, 0.05) is 13.0 Å². The van der Waals surface area contributed by atoms with Crippen molar-refractivity contribution in [2.75, 3.05) is 6.54 Å². The van der Waals surface area contributed by atoms with Crippen LogP contribution in [0.4, 0.5) is 0 Å². The van der Waals surface area contributed by atoms with Crippen LogP contribution in [0.1, 0.15) is 164 Å². The van der Waals surface area contributed by atoms with Gasteiger partial charge >= 0.3 is 5.97 Å². The number of carbonyl (C=O) groups excluding carboxylic acids is 1. The van der Waals surface area contributed by atoms with Crippen LogP contribution in [0.3, 0.4) is 0 Å². The molecule has 0 aliphatic heterocycles. The third-order valence-corrected chi connectivity index (χ3v) is 16.1. The summed E-state index contributed by atoms with van der Waals surface area (Å²) in [6, 6.07) is 0. The molecule has 262 valence electrons. The minimum Gasteiger partial charge on any atom is -0.481 e. The Hall–Kier alpha value is -1.36. The summed E-state index contributed by atoms with van der Waals surface area (Å²) in [7, 11) is 0. The van der Waals surface area contributed by atoms with Gasteiger partial charge in [-0.25, -0.2) is 0 Å². The van der Waals surface area contributed by atoms with Gasteiger partial charge in [0.15, 0.2) is 0 Å². The van der Waals surface area contributed by atoms with Crippen LogP contribution in [0.25, 0.3) is 0 Å². The Balaban J connectivity index is 1.24. The molecule has 5 aliphatic carbocycles. The molecule has 5 aliphatic rings. The molecule has 0 heterocycles. The quantitative estimate of drug-likeness (QED) is 0.138. The molecule has 5 nitrogen and oxygen atoms in total. The normalized spacial score (nSPS) is 42.7. The van der Waals surface area contributed by atoms with Gasteiger partial charge in [0.05, 0.1) is 11.5 Å². The number of carboxylic acid groups (broad SMARTS) is 1. The minimum atomic E-state index is -0.688. The Kier molecular flexibility index (Phi) is 10.6. The van der Waals surface area contributed by atoms with E-state index in [0.29, 0.717) is 41.9 Å². The Morgan fingerprint density at radius 1 is 0.739 bits per heavy atom. The maximum atomic E-state index is 14.3. The molecule has 5 rings (SSSR count). The second kappa shape index (κ2) is 13.5. The Labute approximate surface area is 281 Å². The number of fused-ring (bicyclic) bond motifs is 7. The molecule has 0 bridgehead atoms. The minimum absolute atomic E-state index is 0.0221. The van der Waals surface area contributed by atoms with Crippen LogP contribution in [0.15, 0.2) is 12.2 Å². The molecule has 3 N–H and O–H groups in total. The number of nitrogens with one attached hydrogen (secondary N) is 1. The Morgan fingerprint density at radius 2 is 1.39 bits per heavy atom. The van der Waals surface area contributed by atoms with Gasteiger partial charge in [0.25, 0.3) is 0 Å². The van der Waals surface area contributed by atoms with E-state index in [1.165, 1.54) is 50.5 Å². The van der Waals surface area contributed by atoms with Gasteiger partial charge in [0.2, 0.25) is 5.91 Å². The van der Waals surface area contributed by atoms with E-state index >= 15 is 0 Å².